The molecule has 0 fully saturated rings. The number of halogens is 1. The number of ether oxygens (including phenoxy) is 1. The van der Waals surface area contributed by atoms with Gasteiger partial charge in [0.1, 0.15) is 18.1 Å². The van der Waals surface area contributed by atoms with E-state index in [0.29, 0.717) is 36.0 Å². The lowest BCUT2D eigenvalue weighted by atomic mass is 9.94. The Balaban J connectivity index is 1.49. The van der Waals surface area contributed by atoms with Crippen molar-refractivity contribution in [3.8, 4) is 5.75 Å². The van der Waals surface area contributed by atoms with Crippen LogP contribution < -0.4 is 21.1 Å². The Labute approximate surface area is 213 Å². The number of benzene rings is 3. The van der Waals surface area contributed by atoms with E-state index in [1.807, 2.05) is 44.4 Å². The number of fused-ring (bicyclic) bond motifs is 4. The highest BCUT2D eigenvalue weighted by atomic mass is 35.5. The first-order chi connectivity index (χ1) is 17.3. The van der Waals surface area contributed by atoms with E-state index in [1.54, 1.807) is 23.1 Å². The molecule has 2 heterocycles. The minimum Gasteiger partial charge on any atom is -0.492 e. The number of carbonyl (C=O) groups excluding carboxylic acids is 2. The largest absolute Gasteiger partial charge is 0.492 e. The maximum atomic E-state index is 13.7. The van der Waals surface area contributed by atoms with Gasteiger partial charge in [-0.2, -0.15) is 0 Å². The van der Waals surface area contributed by atoms with Gasteiger partial charge in [0, 0.05) is 52.4 Å². The number of H-pyrrole nitrogens is 1. The summed E-state index contributed by atoms with van der Waals surface area (Å²) < 4.78 is 5.84. The molecule has 0 bridgehead atoms. The van der Waals surface area contributed by atoms with Crippen LogP contribution in [0.3, 0.4) is 0 Å². The van der Waals surface area contributed by atoms with Crippen molar-refractivity contribution in [3.05, 3.63) is 65.4 Å². The lowest BCUT2D eigenvalue weighted by Crippen LogP contribution is -2.30. The number of aromatic nitrogens is 1. The van der Waals surface area contributed by atoms with Crippen LogP contribution in [0.15, 0.2) is 48.5 Å². The van der Waals surface area contributed by atoms with E-state index in [-0.39, 0.29) is 11.8 Å². The van der Waals surface area contributed by atoms with Gasteiger partial charge >= 0.3 is 0 Å². The first kappa shape index (κ1) is 24.0. The van der Waals surface area contributed by atoms with Gasteiger partial charge < -0.3 is 31.0 Å². The van der Waals surface area contributed by atoms with Crippen molar-refractivity contribution in [2.24, 2.45) is 5.73 Å². The Kier molecular flexibility index (Phi) is 6.24. The van der Waals surface area contributed by atoms with Gasteiger partial charge in [0.15, 0.2) is 0 Å². The molecule has 0 spiro atoms. The molecule has 0 aliphatic carbocycles. The third kappa shape index (κ3) is 4.23. The molecule has 9 heteroatoms. The molecule has 0 saturated carbocycles. The minimum absolute atomic E-state index is 0.0748. The quantitative estimate of drug-likeness (QED) is 0.260. The summed E-state index contributed by atoms with van der Waals surface area (Å²) in [5.41, 5.74) is 15.7. The second-order valence-electron chi connectivity index (χ2n) is 9.37. The number of nitrogens with one attached hydrogen (secondary N) is 1. The number of alkyl halides is 1. The number of nitrogens with zero attached hydrogens (tertiary/aromatic N) is 2. The first-order valence-corrected chi connectivity index (χ1v) is 12.2. The summed E-state index contributed by atoms with van der Waals surface area (Å²) in [7, 11) is 3.99. The molecule has 5 rings (SSSR count). The number of primary amides is 1. The SMILES string of the molecule is CN(C)CCOc1ccc2[nH]c(C(=O)N3CC(CCl)c4c3cc(N)c3cc(C(N)=O)ccc43)cc2c1. The number of likely N-dealkylation sites (N-methyl/N-ethyl adjacent to an activating group) is 1. The van der Waals surface area contributed by atoms with Crippen LogP contribution in [0.4, 0.5) is 11.4 Å². The molecule has 36 heavy (non-hydrogen) atoms. The molecule has 1 aliphatic rings. The average molecular weight is 506 g/mol. The Morgan fingerprint density at radius 2 is 1.94 bits per heavy atom. The third-order valence-electron chi connectivity index (χ3n) is 6.64. The molecule has 4 aromatic rings. The molecular weight excluding hydrogens is 478 g/mol. The summed E-state index contributed by atoms with van der Waals surface area (Å²) in [6.07, 6.45) is 0. The number of carbonyl (C=O) groups is 2. The molecular formula is C27H28ClN5O3. The van der Waals surface area contributed by atoms with E-state index in [1.165, 1.54) is 0 Å². The average Bonchev–Trinajstić information content (AvgIpc) is 3.44. The standard InChI is InChI=1S/C27H28ClN5O3/c1-32(2)7-8-36-18-4-6-22-16(9-18)11-23(31-22)27(35)33-14-17(13-28)25-19-5-3-15(26(30)34)10-20(19)21(29)12-24(25)33/h3-6,9-12,17,31H,7-8,13-14,29H2,1-2H3,(H2,30,34). The van der Waals surface area contributed by atoms with Crippen LogP contribution in [0.5, 0.6) is 5.75 Å². The number of rotatable bonds is 7. The summed E-state index contributed by atoms with van der Waals surface area (Å²) in [5.74, 6) is 0.336. The number of nitrogens with two attached hydrogens (primary N) is 2. The maximum absolute atomic E-state index is 13.7. The smallest absolute Gasteiger partial charge is 0.274 e. The van der Waals surface area contributed by atoms with Crippen LogP contribution >= 0.6 is 11.6 Å². The molecule has 1 unspecified atom stereocenters. The van der Waals surface area contributed by atoms with E-state index in [9.17, 15) is 9.59 Å². The van der Waals surface area contributed by atoms with Crippen molar-refractivity contribution in [3.63, 3.8) is 0 Å². The van der Waals surface area contributed by atoms with Crippen LogP contribution in [0.25, 0.3) is 21.7 Å². The number of nitrogen functional groups attached to an aromatic ring is 1. The van der Waals surface area contributed by atoms with E-state index in [2.05, 4.69) is 9.88 Å². The van der Waals surface area contributed by atoms with Gasteiger partial charge in [-0.3, -0.25) is 9.59 Å². The summed E-state index contributed by atoms with van der Waals surface area (Å²) in [6, 6.07) is 14.6. The van der Waals surface area contributed by atoms with Gasteiger partial charge in [0.25, 0.3) is 5.91 Å². The first-order valence-electron chi connectivity index (χ1n) is 11.7. The van der Waals surface area contributed by atoms with Crippen LogP contribution in [0, 0.1) is 0 Å². The van der Waals surface area contributed by atoms with Crippen molar-refractivity contribution >= 4 is 56.5 Å². The zero-order chi connectivity index (χ0) is 25.6. The number of anilines is 2. The van der Waals surface area contributed by atoms with E-state index in [0.717, 1.165) is 45.2 Å². The summed E-state index contributed by atoms with van der Waals surface area (Å²) in [4.78, 5) is 32.4. The monoisotopic (exact) mass is 505 g/mol. The molecule has 0 radical (unpaired) electrons. The maximum Gasteiger partial charge on any atom is 0.274 e. The molecule has 2 amide bonds. The highest BCUT2D eigenvalue weighted by Crippen LogP contribution is 2.45. The zero-order valence-corrected chi connectivity index (χ0v) is 20.9. The summed E-state index contributed by atoms with van der Waals surface area (Å²) in [5, 5.41) is 2.49. The molecule has 186 valence electrons. The molecule has 8 nitrogen and oxygen atoms in total. The number of hydrogen-bond donors (Lipinski definition) is 3. The van der Waals surface area contributed by atoms with Crippen LogP contribution in [0.2, 0.25) is 0 Å². The fourth-order valence-corrected chi connectivity index (χ4v) is 5.05. The van der Waals surface area contributed by atoms with Crippen LogP contribution in [-0.4, -0.2) is 61.4 Å². The number of aromatic amines is 1. The zero-order valence-electron chi connectivity index (χ0n) is 20.2. The lowest BCUT2D eigenvalue weighted by Gasteiger charge is -2.18. The Morgan fingerprint density at radius 1 is 1.14 bits per heavy atom. The van der Waals surface area contributed by atoms with Gasteiger partial charge in [-0.15, -0.1) is 11.6 Å². The molecule has 0 saturated heterocycles. The third-order valence-corrected chi connectivity index (χ3v) is 7.01. The summed E-state index contributed by atoms with van der Waals surface area (Å²) >= 11 is 6.35. The van der Waals surface area contributed by atoms with E-state index >= 15 is 0 Å². The van der Waals surface area contributed by atoms with Crippen LogP contribution in [0.1, 0.15) is 32.3 Å². The van der Waals surface area contributed by atoms with Gasteiger partial charge in [-0.25, -0.2) is 0 Å². The highest BCUT2D eigenvalue weighted by Gasteiger charge is 2.35. The normalized spacial score (nSPS) is 15.1. The molecule has 5 N–H and O–H groups in total. The molecule has 1 aromatic heterocycles. The van der Waals surface area contributed by atoms with Gasteiger partial charge in [0.05, 0.1) is 5.69 Å². The van der Waals surface area contributed by atoms with Gasteiger partial charge in [-0.1, -0.05) is 6.07 Å². The minimum atomic E-state index is -0.521. The fraction of sp³-hybridized carbons (Fsp3) is 0.259. The van der Waals surface area contributed by atoms with E-state index in [4.69, 9.17) is 27.8 Å². The predicted molar refractivity (Wildman–Crippen MR) is 144 cm³/mol. The van der Waals surface area contributed by atoms with Crippen molar-refractivity contribution in [2.45, 2.75) is 5.92 Å². The predicted octanol–water partition coefficient (Wildman–Crippen LogP) is 3.93. The Bertz CT molecular complexity index is 1500. The lowest BCUT2D eigenvalue weighted by molar-refractivity contribution is 0.0981. The van der Waals surface area contributed by atoms with Crippen molar-refractivity contribution < 1.29 is 14.3 Å². The molecule has 1 atom stereocenters. The molecule has 3 aromatic carbocycles. The van der Waals surface area contributed by atoms with Crippen LogP contribution in [-0.2, 0) is 0 Å². The van der Waals surface area contributed by atoms with E-state index < -0.39 is 5.91 Å². The number of amides is 2. The Morgan fingerprint density at radius 3 is 2.67 bits per heavy atom. The second-order valence-corrected chi connectivity index (χ2v) is 9.68. The number of hydrogen-bond acceptors (Lipinski definition) is 5. The van der Waals surface area contributed by atoms with Crippen molar-refractivity contribution in [1.29, 1.82) is 0 Å². The fourth-order valence-electron chi connectivity index (χ4n) is 4.80. The summed E-state index contributed by atoms with van der Waals surface area (Å²) in [6.45, 7) is 1.82. The Hall–Kier alpha value is -3.75. The highest BCUT2D eigenvalue weighted by molar-refractivity contribution is 6.19. The topological polar surface area (TPSA) is 118 Å². The molecule has 1 aliphatic heterocycles. The second kappa shape index (κ2) is 9.37. The van der Waals surface area contributed by atoms with Crippen molar-refractivity contribution in [2.75, 3.05) is 50.3 Å². The van der Waals surface area contributed by atoms with Gasteiger partial charge in [0.2, 0.25) is 5.91 Å². The van der Waals surface area contributed by atoms with Crippen molar-refractivity contribution in [1.82, 2.24) is 9.88 Å². The van der Waals surface area contributed by atoms with Gasteiger partial charge in [-0.05, 0) is 67.5 Å².